The Labute approximate surface area is 203 Å². The maximum absolute atomic E-state index is 13.3. The third-order valence-corrected chi connectivity index (χ3v) is 8.05. The number of rotatable bonds is 7. The van der Waals surface area contributed by atoms with E-state index in [9.17, 15) is 13.2 Å². The molecule has 1 N–H and O–H groups in total. The number of anilines is 1. The van der Waals surface area contributed by atoms with Gasteiger partial charge in [0, 0.05) is 33.3 Å². The van der Waals surface area contributed by atoms with E-state index in [1.807, 2.05) is 12.1 Å². The van der Waals surface area contributed by atoms with Crippen molar-refractivity contribution in [1.29, 1.82) is 0 Å². The summed E-state index contributed by atoms with van der Waals surface area (Å²) in [5.41, 5.74) is 1.30. The summed E-state index contributed by atoms with van der Waals surface area (Å²) >= 11 is 10.6. The summed E-state index contributed by atoms with van der Waals surface area (Å²) in [5, 5.41) is 4.24. The molecule has 0 saturated heterocycles. The Kier molecular flexibility index (Phi) is 6.92. The monoisotopic (exact) mass is 549 g/mol. The standard InChI is InChI=1S/C22H17BrClN3O3S2/c23-17-3-8-20(9-4-17)32(29,30)27(13-15-1-5-18(24)6-2-15)14-22(28)26-19-7-10-21-16(11-19)12-25-31-21/h1-12H,13-14H2,(H,26,28). The van der Waals surface area contributed by atoms with Crippen molar-refractivity contribution in [3.8, 4) is 0 Å². The van der Waals surface area contributed by atoms with Crippen LogP contribution >= 0.6 is 39.1 Å². The van der Waals surface area contributed by atoms with Crippen LogP contribution in [0.15, 0.2) is 82.3 Å². The van der Waals surface area contributed by atoms with Crippen molar-refractivity contribution in [1.82, 2.24) is 8.68 Å². The molecule has 0 bridgehead atoms. The lowest BCUT2D eigenvalue weighted by Gasteiger charge is -2.22. The van der Waals surface area contributed by atoms with Crippen LogP contribution in [0.2, 0.25) is 5.02 Å². The van der Waals surface area contributed by atoms with Gasteiger partial charge >= 0.3 is 0 Å². The van der Waals surface area contributed by atoms with Crippen molar-refractivity contribution in [3.63, 3.8) is 0 Å². The van der Waals surface area contributed by atoms with Gasteiger partial charge in [0.05, 0.1) is 16.1 Å². The molecule has 10 heteroatoms. The van der Waals surface area contributed by atoms with Crippen LogP contribution in [0, 0.1) is 0 Å². The fourth-order valence-corrected chi connectivity index (χ4v) is 5.49. The minimum atomic E-state index is -3.93. The van der Waals surface area contributed by atoms with E-state index in [0.29, 0.717) is 16.3 Å². The van der Waals surface area contributed by atoms with E-state index < -0.39 is 15.9 Å². The van der Waals surface area contributed by atoms with Crippen LogP contribution in [0.5, 0.6) is 0 Å². The van der Waals surface area contributed by atoms with Crippen LogP contribution in [-0.2, 0) is 21.4 Å². The zero-order valence-electron chi connectivity index (χ0n) is 16.5. The molecule has 0 atom stereocenters. The molecule has 0 unspecified atom stereocenters. The molecule has 0 aliphatic rings. The zero-order valence-corrected chi connectivity index (χ0v) is 20.5. The van der Waals surface area contributed by atoms with Gasteiger partial charge in [-0.15, -0.1) is 0 Å². The number of nitrogens with zero attached hydrogens (tertiary/aromatic N) is 2. The molecule has 0 saturated carbocycles. The van der Waals surface area contributed by atoms with Gasteiger partial charge < -0.3 is 5.32 Å². The molecule has 0 aliphatic carbocycles. The summed E-state index contributed by atoms with van der Waals surface area (Å²) in [5.74, 6) is -0.442. The summed E-state index contributed by atoms with van der Waals surface area (Å²) in [4.78, 5) is 12.9. The van der Waals surface area contributed by atoms with Crippen molar-refractivity contribution in [2.24, 2.45) is 0 Å². The average Bonchev–Trinajstić information content (AvgIpc) is 3.23. The second kappa shape index (κ2) is 9.68. The number of hydrogen-bond donors (Lipinski definition) is 1. The summed E-state index contributed by atoms with van der Waals surface area (Å²) in [7, 11) is -3.93. The lowest BCUT2D eigenvalue weighted by atomic mass is 10.2. The highest BCUT2D eigenvalue weighted by molar-refractivity contribution is 9.10. The highest BCUT2D eigenvalue weighted by Crippen LogP contribution is 2.24. The first-order chi connectivity index (χ1) is 15.3. The van der Waals surface area contributed by atoms with Crippen LogP contribution < -0.4 is 5.32 Å². The molecule has 32 heavy (non-hydrogen) atoms. The molecule has 4 rings (SSSR count). The minimum Gasteiger partial charge on any atom is -0.325 e. The molecule has 0 radical (unpaired) electrons. The second-order valence-electron chi connectivity index (χ2n) is 6.98. The second-order valence-corrected chi connectivity index (χ2v) is 11.1. The van der Waals surface area contributed by atoms with Crippen molar-refractivity contribution in [2.45, 2.75) is 11.4 Å². The fraction of sp³-hybridized carbons (Fsp3) is 0.0909. The lowest BCUT2D eigenvalue weighted by molar-refractivity contribution is -0.116. The van der Waals surface area contributed by atoms with E-state index in [4.69, 9.17) is 11.6 Å². The van der Waals surface area contributed by atoms with Gasteiger partial charge in [0.15, 0.2) is 0 Å². The highest BCUT2D eigenvalue weighted by Gasteiger charge is 2.27. The van der Waals surface area contributed by atoms with Crippen LogP contribution in [0.4, 0.5) is 5.69 Å². The first-order valence-corrected chi connectivity index (χ1v) is 12.8. The maximum atomic E-state index is 13.3. The quantitative estimate of drug-likeness (QED) is 0.328. The topological polar surface area (TPSA) is 79.4 Å². The smallest absolute Gasteiger partial charge is 0.243 e. The predicted molar refractivity (Wildman–Crippen MR) is 131 cm³/mol. The number of benzene rings is 3. The number of carbonyl (C=O) groups excluding carboxylic acids is 1. The summed E-state index contributed by atoms with van der Waals surface area (Å²) < 4.78 is 33.7. The van der Waals surface area contributed by atoms with Crippen LogP contribution in [-0.4, -0.2) is 29.5 Å². The third-order valence-electron chi connectivity index (χ3n) is 4.68. The normalized spacial score (nSPS) is 11.7. The van der Waals surface area contributed by atoms with Gasteiger partial charge in [-0.1, -0.05) is 39.7 Å². The molecule has 6 nitrogen and oxygen atoms in total. The zero-order chi connectivity index (χ0) is 22.7. The first-order valence-electron chi connectivity index (χ1n) is 9.46. The SMILES string of the molecule is O=C(CN(Cc1ccc(Cl)cc1)S(=O)(=O)c1ccc(Br)cc1)Nc1ccc2sncc2c1. The van der Waals surface area contributed by atoms with Crippen molar-refractivity contribution in [3.05, 3.63) is 88.0 Å². The van der Waals surface area contributed by atoms with Crippen molar-refractivity contribution >= 4 is 70.8 Å². The van der Waals surface area contributed by atoms with Crippen molar-refractivity contribution < 1.29 is 13.2 Å². The number of aromatic nitrogens is 1. The molecule has 1 heterocycles. The number of amides is 1. The van der Waals surface area contributed by atoms with Gasteiger partial charge in [-0.25, -0.2) is 8.42 Å². The Morgan fingerprint density at radius 3 is 2.50 bits per heavy atom. The van der Waals surface area contributed by atoms with E-state index in [2.05, 4.69) is 25.6 Å². The summed E-state index contributed by atoms with van der Waals surface area (Å²) in [6.07, 6.45) is 1.72. The average molecular weight is 551 g/mol. The number of sulfonamides is 1. The van der Waals surface area contributed by atoms with E-state index in [0.717, 1.165) is 18.9 Å². The Hall–Kier alpha value is -2.30. The van der Waals surface area contributed by atoms with Gasteiger partial charge in [0.2, 0.25) is 15.9 Å². The number of fused-ring (bicyclic) bond motifs is 1. The lowest BCUT2D eigenvalue weighted by Crippen LogP contribution is -2.37. The number of carbonyl (C=O) groups is 1. The molecule has 0 fully saturated rings. The van der Waals surface area contributed by atoms with E-state index in [-0.39, 0.29) is 18.0 Å². The molecule has 4 aromatic rings. The van der Waals surface area contributed by atoms with Gasteiger partial charge in [-0.2, -0.15) is 8.68 Å². The van der Waals surface area contributed by atoms with E-state index in [1.54, 1.807) is 48.7 Å². The molecule has 3 aromatic carbocycles. The van der Waals surface area contributed by atoms with Gasteiger partial charge in [0.1, 0.15) is 0 Å². The largest absolute Gasteiger partial charge is 0.325 e. The molecular weight excluding hydrogens is 534 g/mol. The van der Waals surface area contributed by atoms with Gasteiger partial charge in [-0.3, -0.25) is 4.79 Å². The Bertz CT molecular complexity index is 1360. The van der Waals surface area contributed by atoms with Gasteiger partial charge in [0.25, 0.3) is 0 Å². The first kappa shape index (κ1) is 22.9. The summed E-state index contributed by atoms with van der Waals surface area (Å²) in [6, 6.07) is 18.6. The number of hydrogen-bond acceptors (Lipinski definition) is 5. The van der Waals surface area contributed by atoms with Crippen LogP contribution in [0.3, 0.4) is 0 Å². The molecule has 0 aliphatic heterocycles. The van der Waals surface area contributed by atoms with Crippen LogP contribution in [0.25, 0.3) is 10.1 Å². The number of nitrogens with one attached hydrogen (secondary N) is 1. The highest BCUT2D eigenvalue weighted by atomic mass is 79.9. The Morgan fingerprint density at radius 2 is 1.78 bits per heavy atom. The minimum absolute atomic E-state index is 0.0243. The molecule has 0 spiro atoms. The third kappa shape index (κ3) is 5.36. The van der Waals surface area contributed by atoms with E-state index >= 15 is 0 Å². The maximum Gasteiger partial charge on any atom is 0.243 e. The predicted octanol–water partition coefficient (Wildman–Crippen LogP) is 5.54. The Morgan fingerprint density at radius 1 is 1.06 bits per heavy atom. The number of halogens is 2. The van der Waals surface area contributed by atoms with E-state index in [1.165, 1.54) is 23.7 Å². The van der Waals surface area contributed by atoms with Crippen LogP contribution in [0.1, 0.15) is 5.56 Å². The fourth-order valence-electron chi connectivity index (χ4n) is 3.09. The van der Waals surface area contributed by atoms with Crippen molar-refractivity contribution in [2.75, 3.05) is 11.9 Å². The van der Waals surface area contributed by atoms with Gasteiger partial charge in [-0.05, 0) is 71.7 Å². The molecule has 1 amide bonds. The Balaban J connectivity index is 1.59. The summed E-state index contributed by atoms with van der Waals surface area (Å²) in [6.45, 7) is -0.322. The molecular formula is C22H17BrClN3O3S2. The molecule has 1 aromatic heterocycles. The molecule has 164 valence electrons.